The van der Waals surface area contributed by atoms with E-state index in [4.69, 9.17) is 22.7 Å². The lowest BCUT2D eigenvalue weighted by molar-refractivity contribution is -0.122. The van der Waals surface area contributed by atoms with E-state index < -0.39 is 0 Å². The maximum atomic E-state index is 11.6. The molecule has 0 saturated heterocycles. The fraction of sp³-hybridized carbons (Fsp3) is 0.818. The van der Waals surface area contributed by atoms with Crippen molar-refractivity contribution in [2.24, 2.45) is 5.73 Å². The topological polar surface area (TPSA) is 67.6 Å². The van der Waals surface area contributed by atoms with Gasteiger partial charge in [-0.25, -0.2) is 0 Å². The maximum Gasteiger partial charge on any atom is 0.234 e. The average molecular weight is 261 g/mol. The molecule has 0 atom stereocenters. The maximum absolute atomic E-state index is 11.6. The van der Waals surface area contributed by atoms with Gasteiger partial charge in [-0.05, 0) is 20.3 Å². The molecule has 0 fully saturated rings. The first kappa shape index (κ1) is 16.3. The Kier molecular flexibility index (Phi) is 8.93. The van der Waals surface area contributed by atoms with E-state index >= 15 is 0 Å². The highest BCUT2D eigenvalue weighted by Gasteiger charge is 2.14. The summed E-state index contributed by atoms with van der Waals surface area (Å²) in [5.74, 6) is -0.00828. The monoisotopic (exact) mass is 261 g/mol. The molecule has 0 heterocycles. The van der Waals surface area contributed by atoms with E-state index in [1.54, 1.807) is 7.11 Å². The van der Waals surface area contributed by atoms with Crippen molar-refractivity contribution < 1.29 is 9.53 Å². The van der Waals surface area contributed by atoms with E-state index in [1.165, 1.54) is 0 Å². The number of methoxy groups -OCH3 is 1. The largest absolute Gasteiger partial charge is 0.392 e. The zero-order chi connectivity index (χ0) is 13.3. The molecule has 0 aliphatic rings. The van der Waals surface area contributed by atoms with Gasteiger partial charge in [-0.3, -0.25) is 9.69 Å². The van der Waals surface area contributed by atoms with Crippen molar-refractivity contribution in [3.05, 3.63) is 0 Å². The van der Waals surface area contributed by atoms with Crippen molar-refractivity contribution in [3.63, 3.8) is 0 Å². The minimum absolute atomic E-state index is 0.00828. The zero-order valence-electron chi connectivity index (χ0n) is 10.9. The fourth-order valence-electron chi connectivity index (χ4n) is 1.31. The highest BCUT2D eigenvalue weighted by atomic mass is 32.1. The summed E-state index contributed by atoms with van der Waals surface area (Å²) in [4.78, 5) is 14.0. The summed E-state index contributed by atoms with van der Waals surface area (Å²) >= 11 is 4.85. The summed E-state index contributed by atoms with van der Waals surface area (Å²) in [6.45, 7) is 6.10. The second-order valence-electron chi connectivity index (χ2n) is 4.16. The van der Waals surface area contributed by atoms with Crippen molar-refractivity contribution >= 4 is 23.1 Å². The van der Waals surface area contributed by atoms with E-state index in [1.807, 2.05) is 18.7 Å². The van der Waals surface area contributed by atoms with Crippen molar-refractivity contribution in [2.45, 2.75) is 26.3 Å². The molecular weight excluding hydrogens is 238 g/mol. The summed E-state index contributed by atoms with van der Waals surface area (Å²) in [5.41, 5.74) is 5.49. The number of nitrogens with two attached hydrogens (primary N) is 1. The number of nitrogens with one attached hydrogen (secondary N) is 1. The lowest BCUT2D eigenvalue weighted by atomic mass is 10.3. The molecule has 1 amide bonds. The molecular formula is C11H23N3O2S. The molecule has 0 rings (SSSR count). The quantitative estimate of drug-likeness (QED) is 0.456. The molecule has 0 bridgehead atoms. The van der Waals surface area contributed by atoms with Crippen LogP contribution in [0.5, 0.6) is 0 Å². The van der Waals surface area contributed by atoms with Gasteiger partial charge in [0.05, 0.1) is 11.5 Å². The first-order chi connectivity index (χ1) is 7.97. The molecule has 100 valence electrons. The van der Waals surface area contributed by atoms with Gasteiger partial charge in [0, 0.05) is 32.8 Å². The lowest BCUT2D eigenvalue weighted by Crippen LogP contribution is -2.44. The minimum atomic E-state index is -0.00828. The van der Waals surface area contributed by atoms with Crippen molar-refractivity contribution in [1.29, 1.82) is 0 Å². The number of ether oxygens (including phenoxy) is 1. The molecule has 0 spiro atoms. The Morgan fingerprint density at radius 3 is 2.59 bits per heavy atom. The Bertz CT molecular complexity index is 247. The smallest absolute Gasteiger partial charge is 0.234 e. The lowest BCUT2D eigenvalue weighted by Gasteiger charge is -2.25. The Balaban J connectivity index is 3.91. The van der Waals surface area contributed by atoms with Crippen LogP contribution in [-0.2, 0) is 9.53 Å². The van der Waals surface area contributed by atoms with Crippen LogP contribution in [0.4, 0.5) is 0 Å². The van der Waals surface area contributed by atoms with E-state index in [9.17, 15) is 4.79 Å². The molecule has 0 saturated carbocycles. The number of carbonyl (C=O) groups is 1. The molecule has 0 aromatic rings. The van der Waals surface area contributed by atoms with Crippen molar-refractivity contribution in [3.8, 4) is 0 Å². The molecule has 17 heavy (non-hydrogen) atoms. The van der Waals surface area contributed by atoms with Crippen LogP contribution in [-0.4, -0.2) is 55.2 Å². The molecule has 0 radical (unpaired) electrons. The summed E-state index contributed by atoms with van der Waals surface area (Å²) in [6, 6.07) is 0.237. The Hall–Kier alpha value is -0.720. The van der Waals surface area contributed by atoms with Gasteiger partial charge in [0.25, 0.3) is 0 Å². The van der Waals surface area contributed by atoms with E-state index in [0.717, 1.165) is 6.42 Å². The standard InChI is InChI=1S/C11H23N3O2S/c1-9(2)14(7-10(12)17)8-11(15)13-5-4-6-16-3/h9H,4-8H2,1-3H3,(H2,12,17)(H,13,15). The third-order valence-electron chi connectivity index (χ3n) is 2.28. The van der Waals surface area contributed by atoms with Gasteiger partial charge in [-0.2, -0.15) is 0 Å². The Morgan fingerprint density at radius 2 is 2.12 bits per heavy atom. The second-order valence-corrected chi connectivity index (χ2v) is 4.69. The van der Waals surface area contributed by atoms with Crippen molar-refractivity contribution in [2.75, 3.05) is 33.4 Å². The molecule has 0 aliphatic heterocycles. The predicted octanol–water partition coefficient (Wildman–Crippen LogP) is 0.136. The van der Waals surface area contributed by atoms with Gasteiger partial charge in [-0.1, -0.05) is 12.2 Å². The van der Waals surface area contributed by atoms with Crippen molar-refractivity contribution in [1.82, 2.24) is 10.2 Å². The van der Waals surface area contributed by atoms with Gasteiger partial charge >= 0.3 is 0 Å². The molecule has 0 aromatic carbocycles. The van der Waals surface area contributed by atoms with E-state index in [-0.39, 0.29) is 11.9 Å². The van der Waals surface area contributed by atoms with Crippen LogP contribution in [0.1, 0.15) is 20.3 Å². The van der Waals surface area contributed by atoms with Crippen LogP contribution in [0.2, 0.25) is 0 Å². The molecule has 0 aliphatic carbocycles. The van der Waals surface area contributed by atoms with Crippen LogP contribution < -0.4 is 11.1 Å². The minimum Gasteiger partial charge on any atom is -0.392 e. The van der Waals surface area contributed by atoms with E-state index in [2.05, 4.69) is 5.32 Å². The van der Waals surface area contributed by atoms with Crippen LogP contribution in [0.3, 0.4) is 0 Å². The molecule has 5 nitrogen and oxygen atoms in total. The molecule has 6 heteroatoms. The van der Waals surface area contributed by atoms with E-state index in [0.29, 0.717) is 31.2 Å². The molecule has 3 N–H and O–H groups in total. The number of carbonyl (C=O) groups excluding carboxylic acids is 1. The van der Waals surface area contributed by atoms with Gasteiger partial charge in [0.1, 0.15) is 0 Å². The zero-order valence-corrected chi connectivity index (χ0v) is 11.7. The first-order valence-electron chi connectivity index (χ1n) is 5.75. The third kappa shape index (κ3) is 9.02. The van der Waals surface area contributed by atoms with Crippen LogP contribution in [0.15, 0.2) is 0 Å². The predicted molar refractivity (Wildman–Crippen MR) is 73.0 cm³/mol. The SMILES string of the molecule is COCCCNC(=O)CN(CC(N)=S)C(C)C. The van der Waals surface area contributed by atoms with Gasteiger partial charge in [0.2, 0.25) is 5.91 Å². The Morgan fingerprint density at radius 1 is 1.47 bits per heavy atom. The highest BCUT2D eigenvalue weighted by molar-refractivity contribution is 7.80. The van der Waals surface area contributed by atoms with Crippen LogP contribution in [0, 0.1) is 0 Å². The van der Waals surface area contributed by atoms with Gasteiger partial charge in [-0.15, -0.1) is 0 Å². The number of rotatable bonds is 9. The number of thiocarbonyl (C=S) groups is 1. The average Bonchev–Trinajstić information content (AvgIpc) is 2.22. The third-order valence-corrected chi connectivity index (χ3v) is 2.41. The fourth-order valence-corrected chi connectivity index (χ4v) is 1.47. The van der Waals surface area contributed by atoms with Gasteiger partial charge < -0.3 is 15.8 Å². The number of hydrogen-bond donors (Lipinski definition) is 2. The van der Waals surface area contributed by atoms with Gasteiger partial charge in [0.15, 0.2) is 0 Å². The number of amides is 1. The number of hydrogen-bond acceptors (Lipinski definition) is 4. The van der Waals surface area contributed by atoms with Crippen LogP contribution >= 0.6 is 12.2 Å². The Labute approximate surface area is 109 Å². The summed E-state index contributed by atoms with van der Waals surface area (Å²) < 4.78 is 4.90. The number of nitrogens with zero attached hydrogens (tertiary/aromatic N) is 1. The molecule has 0 unspecified atom stereocenters. The summed E-state index contributed by atoms with van der Waals surface area (Å²) in [6.07, 6.45) is 0.819. The normalized spacial score (nSPS) is 10.9. The molecule has 0 aromatic heterocycles. The second kappa shape index (κ2) is 9.32. The summed E-state index contributed by atoms with van der Waals surface area (Å²) in [7, 11) is 1.64. The van der Waals surface area contributed by atoms with Crippen LogP contribution in [0.25, 0.3) is 0 Å². The first-order valence-corrected chi connectivity index (χ1v) is 6.16. The highest BCUT2D eigenvalue weighted by Crippen LogP contribution is 1.97. The summed E-state index contributed by atoms with van der Waals surface area (Å²) in [5, 5.41) is 2.83.